The Balaban J connectivity index is 2.76. The molecule has 4 N–H and O–H groups in total. The summed E-state index contributed by atoms with van der Waals surface area (Å²) in [6.45, 7) is 7.64. The molecule has 0 spiro atoms. The van der Waals surface area contributed by atoms with Crippen LogP contribution >= 0.6 is 0 Å². The van der Waals surface area contributed by atoms with Gasteiger partial charge in [0.1, 0.15) is 0 Å². The van der Waals surface area contributed by atoms with Crippen LogP contribution in [-0.2, 0) is 14.8 Å². The SMILES string of the molecule is CC1(C)C(N)C(C)(C)C1NS(=O)(=O)CCC(=O)O. The Bertz CT molecular complexity index is 426. The largest absolute Gasteiger partial charge is 0.481 e. The van der Waals surface area contributed by atoms with Gasteiger partial charge in [0, 0.05) is 12.1 Å². The van der Waals surface area contributed by atoms with E-state index in [0.717, 1.165) is 0 Å². The van der Waals surface area contributed by atoms with Crippen LogP contribution in [0.1, 0.15) is 34.1 Å². The number of aliphatic carboxylic acids is 1. The van der Waals surface area contributed by atoms with Gasteiger partial charge in [0.15, 0.2) is 0 Å². The Morgan fingerprint density at radius 3 is 2.11 bits per heavy atom. The predicted octanol–water partition coefficient (Wildman–Crippen LogP) is 0.142. The number of nitrogens with two attached hydrogens (primary N) is 1. The van der Waals surface area contributed by atoms with Gasteiger partial charge in [-0.1, -0.05) is 27.7 Å². The van der Waals surface area contributed by atoms with E-state index in [0.29, 0.717) is 0 Å². The molecule has 6 nitrogen and oxygen atoms in total. The van der Waals surface area contributed by atoms with E-state index in [9.17, 15) is 13.2 Å². The van der Waals surface area contributed by atoms with Crippen LogP contribution in [-0.4, -0.2) is 37.3 Å². The van der Waals surface area contributed by atoms with Crippen LogP contribution in [0.3, 0.4) is 0 Å². The van der Waals surface area contributed by atoms with Gasteiger partial charge in [0.2, 0.25) is 10.0 Å². The second-order valence-electron chi connectivity index (χ2n) is 6.13. The Labute approximate surface area is 108 Å². The Hall–Kier alpha value is -0.660. The fourth-order valence-corrected chi connectivity index (χ4v) is 4.47. The average molecular weight is 278 g/mol. The summed E-state index contributed by atoms with van der Waals surface area (Å²) in [5, 5.41) is 8.52. The van der Waals surface area contributed by atoms with E-state index >= 15 is 0 Å². The highest BCUT2D eigenvalue weighted by Crippen LogP contribution is 2.52. The zero-order chi connectivity index (χ0) is 14.4. The molecule has 0 unspecified atom stereocenters. The maximum absolute atomic E-state index is 11.8. The molecule has 0 aliphatic heterocycles. The number of rotatable bonds is 5. The van der Waals surface area contributed by atoms with Crippen molar-refractivity contribution in [2.75, 3.05) is 5.75 Å². The van der Waals surface area contributed by atoms with Crippen molar-refractivity contribution in [1.82, 2.24) is 4.72 Å². The van der Waals surface area contributed by atoms with Crippen LogP contribution in [0.15, 0.2) is 0 Å². The van der Waals surface area contributed by atoms with Crippen LogP contribution < -0.4 is 10.5 Å². The van der Waals surface area contributed by atoms with Gasteiger partial charge in [0.25, 0.3) is 0 Å². The Morgan fingerprint density at radius 1 is 1.28 bits per heavy atom. The van der Waals surface area contributed by atoms with Crippen LogP contribution in [0.25, 0.3) is 0 Å². The van der Waals surface area contributed by atoms with Crippen molar-refractivity contribution in [3.05, 3.63) is 0 Å². The summed E-state index contributed by atoms with van der Waals surface area (Å²) >= 11 is 0. The summed E-state index contributed by atoms with van der Waals surface area (Å²) in [6.07, 6.45) is -0.394. The van der Waals surface area contributed by atoms with Gasteiger partial charge < -0.3 is 10.8 Å². The second kappa shape index (κ2) is 4.47. The molecule has 1 aliphatic rings. The maximum Gasteiger partial charge on any atom is 0.304 e. The third-order valence-corrected chi connectivity index (χ3v) is 5.31. The van der Waals surface area contributed by atoms with Crippen molar-refractivity contribution in [3.63, 3.8) is 0 Å². The molecule has 0 amide bonds. The van der Waals surface area contributed by atoms with E-state index in [2.05, 4.69) is 4.72 Å². The minimum atomic E-state index is -3.59. The molecule has 18 heavy (non-hydrogen) atoms. The Kier molecular flexibility index (Phi) is 3.82. The van der Waals surface area contributed by atoms with Crippen LogP contribution in [0, 0.1) is 10.8 Å². The van der Waals surface area contributed by atoms with Gasteiger partial charge in [-0.3, -0.25) is 4.79 Å². The lowest BCUT2D eigenvalue weighted by atomic mass is 9.49. The number of hydrogen-bond acceptors (Lipinski definition) is 4. The number of carboxylic acids is 1. The van der Waals surface area contributed by atoms with Crippen LogP contribution in [0.2, 0.25) is 0 Å². The van der Waals surface area contributed by atoms with Gasteiger partial charge in [0.05, 0.1) is 12.2 Å². The van der Waals surface area contributed by atoms with Gasteiger partial charge in [-0.15, -0.1) is 0 Å². The van der Waals surface area contributed by atoms with Crippen molar-refractivity contribution < 1.29 is 18.3 Å². The molecular weight excluding hydrogens is 256 g/mol. The normalized spacial score (nSPS) is 29.6. The van der Waals surface area contributed by atoms with Crippen molar-refractivity contribution >= 4 is 16.0 Å². The lowest BCUT2D eigenvalue weighted by Gasteiger charge is -2.62. The molecule has 0 aromatic rings. The molecule has 1 aliphatic carbocycles. The lowest BCUT2D eigenvalue weighted by molar-refractivity contribution is -0.136. The molecule has 1 rings (SSSR count). The molecule has 1 fully saturated rings. The van der Waals surface area contributed by atoms with E-state index in [1.165, 1.54) is 0 Å². The number of hydrogen-bond donors (Lipinski definition) is 3. The lowest BCUT2D eigenvalue weighted by Crippen LogP contribution is -2.76. The molecule has 106 valence electrons. The van der Waals surface area contributed by atoms with Crippen LogP contribution in [0.5, 0.6) is 0 Å². The van der Waals surface area contributed by atoms with E-state index in [1.807, 2.05) is 27.7 Å². The molecule has 0 aromatic carbocycles. The minimum absolute atomic E-state index is 0.0998. The van der Waals surface area contributed by atoms with Gasteiger partial charge in [-0.25, -0.2) is 13.1 Å². The summed E-state index contributed by atoms with van der Waals surface area (Å²) in [5.74, 6) is -1.52. The smallest absolute Gasteiger partial charge is 0.304 e. The number of sulfonamides is 1. The zero-order valence-corrected chi connectivity index (χ0v) is 12.0. The van der Waals surface area contributed by atoms with E-state index in [4.69, 9.17) is 10.8 Å². The van der Waals surface area contributed by atoms with Crippen molar-refractivity contribution in [2.24, 2.45) is 16.6 Å². The highest BCUT2D eigenvalue weighted by atomic mass is 32.2. The summed E-state index contributed by atoms with van der Waals surface area (Å²) in [6, 6.07) is -0.379. The molecule has 0 aromatic heterocycles. The molecule has 0 bridgehead atoms. The van der Waals surface area contributed by atoms with Crippen molar-refractivity contribution in [3.8, 4) is 0 Å². The van der Waals surface area contributed by atoms with Gasteiger partial charge >= 0.3 is 5.97 Å². The third-order valence-electron chi connectivity index (χ3n) is 3.97. The average Bonchev–Trinajstić information content (AvgIpc) is 2.22. The first-order valence-corrected chi connectivity index (χ1v) is 7.54. The van der Waals surface area contributed by atoms with Gasteiger partial charge in [-0.2, -0.15) is 0 Å². The Morgan fingerprint density at radius 2 is 1.72 bits per heavy atom. The first-order chi connectivity index (χ1) is 7.91. The van der Waals surface area contributed by atoms with E-state index < -0.39 is 28.2 Å². The van der Waals surface area contributed by atoms with Crippen LogP contribution in [0.4, 0.5) is 0 Å². The molecule has 0 atom stereocenters. The summed E-state index contributed by atoms with van der Waals surface area (Å²) in [7, 11) is -3.59. The minimum Gasteiger partial charge on any atom is -0.481 e. The number of carboxylic acid groups (broad SMARTS) is 1. The predicted molar refractivity (Wildman–Crippen MR) is 68.5 cm³/mol. The maximum atomic E-state index is 11.8. The van der Waals surface area contributed by atoms with Crippen molar-refractivity contribution in [2.45, 2.75) is 46.2 Å². The fraction of sp³-hybridized carbons (Fsp3) is 0.909. The highest BCUT2D eigenvalue weighted by molar-refractivity contribution is 7.89. The van der Waals surface area contributed by atoms with E-state index in [-0.39, 0.29) is 22.9 Å². The zero-order valence-electron chi connectivity index (χ0n) is 11.2. The quantitative estimate of drug-likeness (QED) is 0.663. The van der Waals surface area contributed by atoms with E-state index in [1.54, 1.807) is 0 Å². The number of nitrogens with one attached hydrogen (secondary N) is 1. The first kappa shape index (κ1) is 15.4. The fourth-order valence-electron chi connectivity index (χ4n) is 2.94. The highest BCUT2D eigenvalue weighted by Gasteiger charge is 2.60. The third kappa shape index (κ3) is 2.67. The van der Waals surface area contributed by atoms with Gasteiger partial charge in [-0.05, 0) is 10.8 Å². The summed E-state index contributed by atoms with van der Waals surface area (Å²) in [4.78, 5) is 10.4. The molecular formula is C11H22N2O4S. The summed E-state index contributed by atoms with van der Waals surface area (Å²) < 4.78 is 26.2. The molecule has 0 heterocycles. The molecule has 0 saturated heterocycles. The first-order valence-electron chi connectivity index (χ1n) is 5.88. The molecule has 0 radical (unpaired) electrons. The number of carbonyl (C=O) groups is 1. The summed E-state index contributed by atoms with van der Waals surface area (Å²) in [5.41, 5.74) is 5.37. The standard InChI is InChI=1S/C11H22N2O4S/c1-10(2)8(12)11(3,4)9(10)13-18(16,17)6-5-7(14)15/h8-9,13H,5-6,12H2,1-4H3,(H,14,15). The second-order valence-corrected chi connectivity index (χ2v) is 8.01. The molecule has 7 heteroatoms. The van der Waals surface area contributed by atoms with Crippen molar-refractivity contribution in [1.29, 1.82) is 0 Å². The monoisotopic (exact) mass is 278 g/mol. The molecule has 1 saturated carbocycles. The topological polar surface area (TPSA) is 109 Å².